The minimum absolute atomic E-state index is 0.0914. The molecule has 5 heteroatoms. The van der Waals surface area contributed by atoms with Gasteiger partial charge in [-0.2, -0.15) is 0 Å². The zero-order chi connectivity index (χ0) is 15.6. The number of aliphatic hydroxyl groups excluding tert-OH is 1. The summed E-state index contributed by atoms with van der Waals surface area (Å²) in [6.45, 7) is 2.19. The molecule has 0 amide bonds. The molecule has 1 saturated carbocycles. The van der Waals surface area contributed by atoms with Gasteiger partial charge in [0.05, 0.1) is 6.61 Å². The topological polar surface area (TPSA) is 82.7 Å². The monoisotopic (exact) mass is 304 g/mol. The van der Waals surface area contributed by atoms with Gasteiger partial charge in [-0.05, 0) is 49.8 Å². The first-order chi connectivity index (χ1) is 10.8. The fraction of sp³-hybridized carbons (Fsp3) is 0.588. The van der Waals surface area contributed by atoms with Gasteiger partial charge in [-0.3, -0.25) is 4.99 Å². The SMILES string of the molecule is NCC1CCCC(CN=C(NCCO)Nc2ccccc2)C1. The second kappa shape index (κ2) is 9.43. The lowest BCUT2D eigenvalue weighted by atomic mass is 9.81. The fourth-order valence-corrected chi connectivity index (χ4v) is 2.97. The number of aliphatic hydroxyl groups is 1. The zero-order valence-electron chi connectivity index (χ0n) is 13.2. The van der Waals surface area contributed by atoms with Crippen molar-refractivity contribution >= 4 is 11.6 Å². The van der Waals surface area contributed by atoms with E-state index in [2.05, 4.69) is 10.6 Å². The van der Waals surface area contributed by atoms with Crippen molar-refractivity contribution in [2.24, 2.45) is 22.6 Å². The molecule has 1 aliphatic rings. The summed E-state index contributed by atoms with van der Waals surface area (Å²) < 4.78 is 0. The third kappa shape index (κ3) is 5.66. The minimum Gasteiger partial charge on any atom is -0.395 e. The maximum Gasteiger partial charge on any atom is 0.195 e. The first-order valence-corrected chi connectivity index (χ1v) is 8.23. The number of nitrogens with two attached hydrogens (primary N) is 1. The van der Waals surface area contributed by atoms with Crippen LogP contribution in [0.4, 0.5) is 5.69 Å². The second-order valence-electron chi connectivity index (χ2n) is 5.97. The van der Waals surface area contributed by atoms with E-state index in [4.69, 9.17) is 15.8 Å². The van der Waals surface area contributed by atoms with E-state index in [9.17, 15) is 0 Å². The van der Waals surface area contributed by atoms with Gasteiger partial charge in [-0.15, -0.1) is 0 Å². The Bertz CT molecular complexity index is 449. The van der Waals surface area contributed by atoms with E-state index in [-0.39, 0.29) is 6.61 Å². The van der Waals surface area contributed by atoms with E-state index in [1.165, 1.54) is 25.7 Å². The molecule has 122 valence electrons. The third-order valence-electron chi connectivity index (χ3n) is 4.17. The number of nitrogens with zero attached hydrogens (tertiary/aromatic N) is 1. The van der Waals surface area contributed by atoms with Gasteiger partial charge in [0.25, 0.3) is 0 Å². The Morgan fingerprint density at radius 1 is 1.23 bits per heavy atom. The molecule has 0 saturated heterocycles. The van der Waals surface area contributed by atoms with Crippen molar-refractivity contribution in [2.75, 3.05) is 31.6 Å². The van der Waals surface area contributed by atoms with Gasteiger partial charge in [0.15, 0.2) is 5.96 Å². The largest absolute Gasteiger partial charge is 0.395 e. The highest BCUT2D eigenvalue weighted by molar-refractivity contribution is 5.93. The first-order valence-electron chi connectivity index (χ1n) is 8.23. The normalized spacial score (nSPS) is 22.4. The third-order valence-corrected chi connectivity index (χ3v) is 4.17. The van der Waals surface area contributed by atoms with Crippen molar-refractivity contribution in [3.8, 4) is 0 Å². The molecule has 1 fully saturated rings. The van der Waals surface area contributed by atoms with Gasteiger partial charge in [-0.25, -0.2) is 0 Å². The number of aliphatic imine (C=N–C) groups is 1. The molecule has 0 aromatic heterocycles. The zero-order valence-corrected chi connectivity index (χ0v) is 13.2. The van der Waals surface area contributed by atoms with Gasteiger partial charge < -0.3 is 21.5 Å². The molecule has 2 atom stereocenters. The highest BCUT2D eigenvalue weighted by Crippen LogP contribution is 2.28. The van der Waals surface area contributed by atoms with Crippen LogP contribution < -0.4 is 16.4 Å². The molecular formula is C17H28N4O. The summed E-state index contributed by atoms with van der Waals surface area (Å²) in [7, 11) is 0. The van der Waals surface area contributed by atoms with Crippen molar-refractivity contribution in [2.45, 2.75) is 25.7 Å². The molecule has 0 bridgehead atoms. The lowest BCUT2D eigenvalue weighted by Gasteiger charge is -2.27. The maximum absolute atomic E-state index is 9.01. The average molecular weight is 304 g/mol. The summed E-state index contributed by atoms with van der Waals surface area (Å²) in [5.41, 5.74) is 6.80. The number of anilines is 1. The Hall–Kier alpha value is -1.59. The molecule has 0 spiro atoms. The molecule has 1 aromatic rings. The van der Waals surface area contributed by atoms with Crippen LogP contribution in [-0.4, -0.2) is 37.3 Å². The van der Waals surface area contributed by atoms with Crippen molar-refractivity contribution in [3.05, 3.63) is 30.3 Å². The summed E-state index contributed by atoms with van der Waals surface area (Å²) in [5.74, 6) is 2.01. The number of nitrogens with one attached hydrogen (secondary N) is 2. The van der Waals surface area contributed by atoms with Crippen LogP contribution in [0.5, 0.6) is 0 Å². The molecule has 0 radical (unpaired) electrons. The van der Waals surface area contributed by atoms with Crippen LogP contribution in [0.1, 0.15) is 25.7 Å². The highest BCUT2D eigenvalue weighted by atomic mass is 16.3. The van der Waals surface area contributed by atoms with Gasteiger partial charge >= 0.3 is 0 Å². The molecular weight excluding hydrogens is 276 g/mol. The first kappa shape index (κ1) is 16.8. The molecule has 1 aromatic carbocycles. The van der Waals surface area contributed by atoms with Crippen LogP contribution in [-0.2, 0) is 0 Å². The Morgan fingerprint density at radius 2 is 2.00 bits per heavy atom. The predicted molar refractivity (Wildman–Crippen MR) is 92.0 cm³/mol. The van der Waals surface area contributed by atoms with Crippen LogP contribution in [0.15, 0.2) is 35.3 Å². The smallest absolute Gasteiger partial charge is 0.195 e. The summed E-state index contributed by atoms with van der Waals surface area (Å²) in [4.78, 5) is 4.69. The molecule has 0 aliphatic heterocycles. The number of benzene rings is 1. The van der Waals surface area contributed by atoms with E-state index in [0.717, 1.165) is 24.7 Å². The van der Waals surface area contributed by atoms with E-state index < -0.39 is 0 Å². The van der Waals surface area contributed by atoms with Crippen molar-refractivity contribution in [1.29, 1.82) is 0 Å². The molecule has 22 heavy (non-hydrogen) atoms. The Labute approximate surface area is 133 Å². The molecule has 2 rings (SSSR count). The highest BCUT2D eigenvalue weighted by Gasteiger charge is 2.20. The summed E-state index contributed by atoms with van der Waals surface area (Å²) in [6.07, 6.45) is 4.93. The summed E-state index contributed by atoms with van der Waals surface area (Å²) in [6, 6.07) is 9.96. The minimum atomic E-state index is 0.0914. The number of rotatable bonds is 6. The van der Waals surface area contributed by atoms with Crippen LogP contribution in [0, 0.1) is 11.8 Å². The molecule has 5 nitrogen and oxygen atoms in total. The van der Waals surface area contributed by atoms with E-state index in [1.807, 2.05) is 30.3 Å². The van der Waals surface area contributed by atoms with E-state index in [1.54, 1.807) is 0 Å². The van der Waals surface area contributed by atoms with Crippen molar-refractivity contribution in [1.82, 2.24) is 5.32 Å². The van der Waals surface area contributed by atoms with Gasteiger partial charge in [0.1, 0.15) is 0 Å². The molecule has 0 heterocycles. The predicted octanol–water partition coefficient (Wildman–Crippen LogP) is 1.80. The number of hydrogen-bond acceptors (Lipinski definition) is 3. The number of para-hydroxylation sites is 1. The Kier molecular flexibility index (Phi) is 7.19. The lowest BCUT2D eigenvalue weighted by Crippen LogP contribution is -2.34. The van der Waals surface area contributed by atoms with Gasteiger partial charge in [-0.1, -0.05) is 24.6 Å². The van der Waals surface area contributed by atoms with Crippen LogP contribution in [0.2, 0.25) is 0 Å². The van der Waals surface area contributed by atoms with E-state index in [0.29, 0.717) is 18.4 Å². The maximum atomic E-state index is 9.01. The van der Waals surface area contributed by atoms with Crippen LogP contribution in [0.3, 0.4) is 0 Å². The second-order valence-corrected chi connectivity index (χ2v) is 5.97. The number of guanidine groups is 1. The molecule has 1 aliphatic carbocycles. The van der Waals surface area contributed by atoms with E-state index >= 15 is 0 Å². The summed E-state index contributed by atoms with van der Waals surface area (Å²) in [5, 5.41) is 15.4. The number of hydrogen-bond donors (Lipinski definition) is 4. The molecule has 2 unspecified atom stereocenters. The van der Waals surface area contributed by atoms with Crippen LogP contribution >= 0.6 is 0 Å². The average Bonchev–Trinajstić information content (AvgIpc) is 2.58. The van der Waals surface area contributed by atoms with Crippen molar-refractivity contribution in [3.63, 3.8) is 0 Å². The van der Waals surface area contributed by atoms with Gasteiger partial charge in [0, 0.05) is 18.8 Å². The fourth-order valence-electron chi connectivity index (χ4n) is 2.97. The van der Waals surface area contributed by atoms with Crippen molar-refractivity contribution < 1.29 is 5.11 Å². The Balaban J connectivity index is 1.92. The van der Waals surface area contributed by atoms with Crippen LogP contribution in [0.25, 0.3) is 0 Å². The standard InChI is InChI=1S/C17H28N4O/c18-12-14-5-4-6-15(11-14)13-20-17(19-9-10-22)21-16-7-2-1-3-8-16/h1-3,7-8,14-15,22H,4-6,9-13,18H2,(H2,19,20,21). The lowest BCUT2D eigenvalue weighted by molar-refractivity contribution is 0.277. The van der Waals surface area contributed by atoms with Gasteiger partial charge in [0.2, 0.25) is 0 Å². The Morgan fingerprint density at radius 3 is 2.73 bits per heavy atom. The summed E-state index contributed by atoms with van der Waals surface area (Å²) >= 11 is 0. The quantitative estimate of drug-likeness (QED) is 0.477. The molecule has 5 N–H and O–H groups in total.